The molecule has 3 heteroatoms. The van der Waals surface area contributed by atoms with Crippen molar-refractivity contribution in [3.63, 3.8) is 0 Å². The maximum atomic E-state index is 12.0. The molecule has 3 aromatic carbocycles. The van der Waals surface area contributed by atoms with E-state index >= 15 is 0 Å². The Morgan fingerprint density at radius 1 is 0.465 bits per heavy atom. The van der Waals surface area contributed by atoms with E-state index < -0.39 is 12.6 Å². The fourth-order valence-corrected chi connectivity index (χ4v) is 4.71. The first-order chi connectivity index (χ1) is 19.6. The van der Waals surface area contributed by atoms with Crippen LogP contribution in [0.3, 0.4) is 0 Å². The van der Waals surface area contributed by atoms with Gasteiger partial charge in [-0.25, -0.2) is 0 Å². The lowest BCUT2D eigenvalue weighted by atomic mass is 9.87. The van der Waals surface area contributed by atoms with Crippen LogP contribution >= 0.6 is 0 Å². The lowest BCUT2D eigenvalue weighted by molar-refractivity contribution is -0.134. The van der Waals surface area contributed by atoms with Crippen molar-refractivity contribution < 1.29 is 13.2 Å². The van der Waals surface area contributed by atoms with E-state index in [0.717, 1.165) is 24.8 Å². The Morgan fingerprint density at radius 2 is 0.814 bits per heavy atom. The molecule has 0 spiro atoms. The van der Waals surface area contributed by atoms with Crippen LogP contribution in [0.25, 0.3) is 0 Å². The van der Waals surface area contributed by atoms with E-state index in [4.69, 9.17) is 0 Å². The van der Waals surface area contributed by atoms with Crippen LogP contribution in [0.4, 0.5) is 13.2 Å². The molecular weight excluding hydrogens is 537 g/mol. The number of alkyl halides is 3. The second kappa shape index (κ2) is 18.3. The molecule has 0 radical (unpaired) electrons. The van der Waals surface area contributed by atoms with Crippen LogP contribution in [0.5, 0.6) is 0 Å². The van der Waals surface area contributed by atoms with Crippen LogP contribution < -0.4 is 0 Å². The molecule has 3 aromatic rings. The van der Waals surface area contributed by atoms with Crippen molar-refractivity contribution in [2.24, 2.45) is 16.2 Å². The zero-order valence-electron chi connectivity index (χ0n) is 29.6. The Bertz CT molecular complexity index is 1110. The number of benzene rings is 3. The molecule has 0 N–H and O–H groups in total. The Morgan fingerprint density at radius 3 is 1.19 bits per heavy atom. The van der Waals surface area contributed by atoms with Gasteiger partial charge in [-0.15, -0.1) is 0 Å². The molecule has 0 saturated carbocycles. The molecule has 0 fully saturated rings. The van der Waals surface area contributed by atoms with Gasteiger partial charge in [0.25, 0.3) is 0 Å². The Labute approximate surface area is 263 Å². The summed E-state index contributed by atoms with van der Waals surface area (Å²) in [6, 6.07) is 24.9. The summed E-state index contributed by atoms with van der Waals surface area (Å²) in [5, 5.41) is 0. The highest BCUT2D eigenvalue weighted by Gasteiger charge is 2.26. The maximum Gasteiger partial charge on any atom is 0.389 e. The van der Waals surface area contributed by atoms with Gasteiger partial charge >= 0.3 is 6.18 Å². The fraction of sp³-hybridized carbons (Fsp3) is 0.550. The molecule has 0 heterocycles. The van der Waals surface area contributed by atoms with Gasteiger partial charge in [-0.1, -0.05) is 160 Å². The summed E-state index contributed by atoms with van der Waals surface area (Å²) >= 11 is 0. The molecule has 0 amide bonds. The van der Waals surface area contributed by atoms with Crippen LogP contribution in [0, 0.1) is 30.1 Å². The molecule has 0 aliphatic carbocycles. The second-order valence-corrected chi connectivity index (χ2v) is 15.1. The zero-order chi connectivity index (χ0) is 33.5. The lowest BCUT2D eigenvalue weighted by Crippen LogP contribution is -2.10. The molecule has 0 aromatic heterocycles. The van der Waals surface area contributed by atoms with Crippen LogP contribution in [0.2, 0.25) is 0 Å². The van der Waals surface area contributed by atoms with E-state index in [1.807, 2.05) is 26.0 Å². The average molecular weight is 599 g/mol. The molecule has 43 heavy (non-hydrogen) atoms. The second-order valence-electron chi connectivity index (χ2n) is 15.1. The Balaban J connectivity index is 0.000000611. The van der Waals surface area contributed by atoms with E-state index in [1.165, 1.54) is 27.8 Å². The lowest BCUT2D eigenvalue weighted by Gasteiger charge is -2.18. The maximum absolute atomic E-state index is 12.0. The highest BCUT2D eigenvalue weighted by molar-refractivity contribution is 5.29. The number of hydrogen-bond acceptors (Lipinski definition) is 0. The minimum atomic E-state index is -4.07. The van der Waals surface area contributed by atoms with E-state index in [1.54, 1.807) is 12.1 Å². The third kappa shape index (κ3) is 23.6. The first-order valence-corrected chi connectivity index (χ1v) is 15.9. The van der Waals surface area contributed by atoms with Gasteiger partial charge in [0.15, 0.2) is 0 Å². The summed E-state index contributed by atoms with van der Waals surface area (Å²) < 4.78 is 36.1. The number of aryl methyl sites for hydroxylation is 3. The first kappa shape index (κ1) is 40.5. The molecule has 242 valence electrons. The molecule has 0 bridgehead atoms. The van der Waals surface area contributed by atoms with Crippen LogP contribution in [-0.4, -0.2) is 6.18 Å². The Kier molecular flexibility index (Phi) is 17.2. The summed E-state index contributed by atoms with van der Waals surface area (Å²) in [6.45, 7) is 28.4. The van der Waals surface area contributed by atoms with Gasteiger partial charge in [-0.2, -0.15) is 13.2 Å². The minimum absolute atomic E-state index is 0.0687. The van der Waals surface area contributed by atoms with Crippen molar-refractivity contribution in [3.8, 4) is 0 Å². The molecule has 0 atom stereocenters. The minimum Gasteiger partial charge on any atom is -0.171 e. The van der Waals surface area contributed by atoms with Gasteiger partial charge in [-0.3, -0.25) is 0 Å². The number of hydrogen-bond donors (Lipinski definition) is 0. The smallest absolute Gasteiger partial charge is 0.171 e. The fourth-order valence-electron chi connectivity index (χ4n) is 4.71. The molecule has 3 rings (SSSR count). The SMILES string of the molecule is CC.CC(C)(C)Cc1ccc(CCC(F)(F)F)cc1.CC(C)(C)Cc1ccccc1.Cc1cc(C)cc(CC(C)(C)C)c1. The normalized spacial score (nSPS) is 11.7. The van der Waals surface area contributed by atoms with E-state index in [2.05, 4.69) is 125 Å². The third-order valence-electron chi connectivity index (χ3n) is 6.05. The predicted octanol–water partition coefficient (Wildman–Crippen LogP) is 13.0. The van der Waals surface area contributed by atoms with Crippen LogP contribution in [-0.2, 0) is 25.7 Å². The largest absolute Gasteiger partial charge is 0.389 e. The molecular formula is C40H61F3. The van der Waals surface area contributed by atoms with Crippen LogP contribution in [0.1, 0.15) is 116 Å². The number of rotatable bonds is 5. The summed E-state index contributed by atoms with van der Waals surface area (Å²) in [5.41, 5.74) is 8.56. The summed E-state index contributed by atoms with van der Waals surface area (Å²) in [7, 11) is 0. The van der Waals surface area contributed by atoms with Crippen molar-refractivity contribution in [2.75, 3.05) is 0 Å². The van der Waals surface area contributed by atoms with Gasteiger partial charge in [0.1, 0.15) is 0 Å². The summed E-state index contributed by atoms with van der Waals surface area (Å²) in [6.07, 6.45) is -1.48. The summed E-state index contributed by atoms with van der Waals surface area (Å²) in [4.78, 5) is 0. The van der Waals surface area contributed by atoms with Crippen molar-refractivity contribution in [1.82, 2.24) is 0 Å². The van der Waals surface area contributed by atoms with Crippen molar-refractivity contribution >= 4 is 0 Å². The monoisotopic (exact) mass is 598 g/mol. The van der Waals surface area contributed by atoms with Crippen molar-refractivity contribution in [1.29, 1.82) is 0 Å². The van der Waals surface area contributed by atoms with Crippen molar-refractivity contribution in [3.05, 3.63) is 106 Å². The zero-order valence-corrected chi connectivity index (χ0v) is 29.6. The average Bonchev–Trinajstić information content (AvgIpc) is 2.82. The highest BCUT2D eigenvalue weighted by atomic mass is 19.4. The molecule has 0 aliphatic heterocycles. The van der Waals surface area contributed by atoms with E-state index in [-0.39, 0.29) is 11.8 Å². The topological polar surface area (TPSA) is 0 Å². The van der Waals surface area contributed by atoms with Gasteiger partial charge in [0.2, 0.25) is 0 Å². The van der Waals surface area contributed by atoms with E-state index in [9.17, 15) is 13.2 Å². The molecule has 0 aliphatic rings. The third-order valence-corrected chi connectivity index (χ3v) is 6.05. The van der Waals surface area contributed by atoms with Crippen LogP contribution in [0.15, 0.2) is 72.8 Å². The molecule has 0 saturated heterocycles. The summed E-state index contributed by atoms with van der Waals surface area (Å²) in [5.74, 6) is 0. The predicted molar refractivity (Wildman–Crippen MR) is 184 cm³/mol. The van der Waals surface area contributed by atoms with Gasteiger partial charge in [0.05, 0.1) is 0 Å². The van der Waals surface area contributed by atoms with Gasteiger partial charge < -0.3 is 0 Å². The standard InChI is InChI=1S/C14H19F3.C13H20.C11H16.C2H6/c1-13(2,3)10-12-6-4-11(5-7-12)8-9-14(15,16)17;1-10-6-11(2)8-12(7-10)9-13(3,4)5;1-11(2,3)9-10-7-5-4-6-8-10;1-2/h4-7H,8-10H2,1-3H3;6-8H,9H2,1-5H3;4-8H,9H2,1-3H3;1-2H3. The Hall–Kier alpha value is -2.55. The number of halogens is 3. The highest BCUT2D eigenvalue weighted by Crippen LogP contribution is 2.25. The van der Waals surface area contributed by atoms with Gasteiger partial charge in [0, 0.05) is 6.42 Å². The molecule has 0 nitrogen and oxygen atoms in total. The quantitative estimate of drug-likeness (QED) is 0.274. The van der Waals surface area contributed by atoms with Gasteiger partial charge in [-0.05, 0) is 78.0 Å². The van der Waals surface area contributed by atoms with Crippen molar-refractivity contribution in [2.45, 2.75) is 128 Å². The van der Waals surface area contributed by atoms with E-state index in [0.29, 0.717) is 10.8 Å². The molecule has 0 unspecified atom stereocenters. The first-order valence-electron chi connectivity index (χ1n) is 15.9.